The Hall–Kier alpha value is -1.51. The van der Waals surface area contributed by atoms with Gasteiger partial charge in [0.05, 0.1) is 6.10 Å². The number of amides is 2. The smallest absolute Gasteiger partial charge is 0.321 e. The number of rotatable bonds is 6. The SMILES string of the molecule is CC(C)C(O)CCNC(=O)Nc1nnc(-c2ccsc2)s1. The molecular weight excluding hydrogens is 308 g/mol. The Morgan fingerprint density at radius 2 is 2.24 bits per heavy atom. The maximum atomic E-state index is 11.7. The van der Waals surface area contributed by atoms with E-state index in [1.54, 1.807) is 11.3 Å². The number of thiophene rings is 1. The lowest BCUT2D eigenvalue weighted by molar-refractivity contribution is 0.117. The number of carbonyl (C=O) groups is 1. The van der Waals surface area contributed by atoms with Gasteiger partial charge in [0.25, 0.3) is 0 Å². The lowest BCUT2D eigenvalue weighted by Gasteiger charge is -2.14. The molecule has 0 radical (unpaired) electrons. The summed E-state index contributed by atoms with van der Waals surface area (Å²) in [6.45, 7) is 4.30. The van der Waals surface area contributed by atoms with Crippen molar-refractivity contribution in [3.8, 4) is 10.6 Å². The molecule has 2 aromatic heterocycles. The van der Waals surface area contributed by atoms with Gasteiger partial charge in [0.2, 0.25) is 5.13 Å². The Kier molecular flexibility index (Phi) is 5.66. The molecule has 1 atom stereocenters. The van der Waals surface area contributed by atoms with Crippen LogP contribution in [0.3, 0.4) is 0 Å². The van der Waals surface area contributed by atoms with Crippen molar-refractivity contribution in [2.45, 2.75) is 26.4 Å². The van der Waals surface area contributed by atoms with Gasteiger partial charge in [-0.3, -0.25) is 5.32 Å². The molecule has 0 saturated heterocycles. The van der Waals surface area contributed by atoms with Crippen LogP contribution in [-0.2, 0) is 0 Å². The molecule has 0 fully saturated rings. The lowest BCUT2D eigenvalue weighted by atomic mass is 10.0. The molecule has 3 N–H and O–H groups in total. The molecule has 21 heavy (non-hydrogen) atoms. The normalized spacial score (nSPS) is 12.4. The number of aliphatic hydroxyl groups is 1. The van der Waals surface area contributed by atoms with Gasteiger partial charge in [0.15, 0.2) is 0 Å². The van der Waals surface area contributed by atoms with E-state index in [1.165, 1.54) is 11.3 Å². The van der Waals surface area contributed by atoms with E-state index in [4.69, 9.17) is 0 Å². The Morgan fingerprint density at radius 3 is 2.90 bits per heavy atom. The van der Waals surface area contributed by atoms with E-state index >= 15 is 0 Å². The van der Waals surface area contributed by atoms with Crippen molar-refractivity contribution in [1.29, 1.82) is 0 Å². The summed E-state index contributed by atoms with van der Waals surface area (Å²) < 4.78 is 0. The summed E-state index contributed by atoms with van der Waals surface area (Å²) in [5, 5.41) is 28.1. The first kappa shape index (κ1) is 15.9. The second-order valence-electron chi connectivity index (χ2n) is 4.91. The van der Waals surface area contributed by atoms with E-state index in [2.05, 4.69) is 20.8 Å². The number of urea groups is 1. The fourth-order valence-corrected chi connectivity index (χ4v) is 3.03. The first-order chi connectivity index (χ1) is 10.1. The molecule has 0 bridgehead atoms. The van der Waals surface area contributed by atoms with Crippen LogP contribution in [0.5, 0.6) is 0 Å². The van der Waals surface area contributed by atoms with Crippen molar-refractivity contribution < 1.29 is 9.90 Å². The molecule has 114 valence electrons. The zero-order valence-corrected chi connectivity index (χ0v) is 13.5. The van der Waals surface area contributed by atoms with Gasteiger partial charge in [0.1, 0.15) is 5.01 Å². The number of aliphatic hydroxyl groups excluding tert-OH is 1. The number of nitrogens with one attached hydrogen (secondary N) is 2. The number of aromatic nitrogens is 2. The average molecular weight is 326 g/mol. The minimum Gasteiger partial charge on any atom is -0.393 e. The number of anilines is 1. The van der Waals surface area contributed by atoms with Crippen molar-refractivity contribution in [2.75, 3.05) is 11.9 Å². The van der Waals surface area contributed by atoms with Crippen LogP contribution in [0.25, 0.3) is 10.6 Å². The van der Waals surface area contributed by atoms with Crippen LogP contribution in [0.1, 0.15) is 20.3 Å². The Bertz CT molecular complexity index is 568. The van der Waals surface area contributed by atoms with Gasteiger partial charge in [-0.15, -0.1) is 10.2 Å². The van der Waals surface area contributed by atoms with Crippen LogP contribution >= 0.6 is 22.7 Å². The van der Waals surface area contributed by atoms with Gasteiger partial charge in [-0.05, 0) is 23.8 Å². The van der Waals surface area contributed by atoms with Crippen molar-refractivity contribution in [1.82, 2.24) is 15.5 Å². The molecule has 0 saturated carbocycles. The Balaban J connectivity index is 1.78. The average Bonchev–Trinajstić information content (AvgIpc) is 3.08. The third-order valence-corrected chi connectivity index (χ3v) is 4.48. The van der Waals surface area contributed by atoms with E-state index in [0.717, 1.165) is 10.6 Å². The zero-order chi connectivity index (χ0) is 15.2. The minimum absolute atomic E-state index is 0.186. The van der Waals surface area contributed by atoms with Gasteiger partial charge in [-0.2, -0.15) is 11.3 Å². The van der Waals surface area contributed by atoms with E-state index < -0.39 is 6.10 Å². The van der Waals surface area contributed by atoms with E-state index in [1.807, 2.05) is 30.7 Å². The summed E-state index contributed by atoms with van der Waals surface area (Å²) in [7, 11) is 0. The van der Waals surface area contributed by atoms with Crippen LogP contribution in [0.2, 0.25) is 0 Å². The summed E-state index contributed by atoms with van der Waals surface area (Å²) in [6, 6.07) is 1.63. The highest BCUT2D eigenvalue weighted by Gasteiger charge is 2.11. The number of nitrogens with zero attached hydrogens (tertiary/aromatic N) is 2. The van der Waals surface area contributed by atoms with E-state index in [-0.39, 0.29) is 11.9 Å². The molecule has 0 spiro atoms. The predicted molar refractivity (Wildman–Crippen MR) is 85.7 cm³/mol. The second-order valence-corrected chi connectivity index (χ2v) is 6.66. The maximum Gasteiger partial charge on any atom is 0.321 e. The van der Waals surface area contributed by atoms with Crippen molar-refractivity contribution in [3.63, 3.8) is 0 Å². The summed E-state index contributed by atoms with van der Waals surface area (Å²) in [5.41, 5.74) is 1.01. The fraction of sp³-hybridized carbons (Fsp3) is 0.462. The first-order valence-electron chi connectivity index (χ1n) is 6.65. The molecule has 2 aromatic rings. The van der Waals surface area contributed by atoms with Crippen molar-refractivity contribution in [3.05, 3.63) is 16.8 Å². The van der Waals surface area contributed by atoms with Gasteiger partial charge in [-0.25, -0.2) is 4.79 Å². The monoisotopic (exact) mass is 326 g/mol. The van der Waals surface area contributed by atoms with Gasteiger partial charge in [0, 0.05) is 17.5 Å². The third-order valence-electron chi connectivity index (χ3n) is 2.91. The van der Waals surface area contributed by atoms with Gasteiger partial charge in [-0.1, -0.05) is 25.2 Å². The summed E-state index contributed by atoms with van der Waals surface area (Å²) in [5.74, 6) is 0.186. The highest BCUT2D eigenvalue weighted by molar-refractivity contribution is 7.19. The van der Waals surface area contributed by atoms with Crippen LogP contribution in [0, 0.1) is 5.92 Å². The molecule has 0 aliphatic carbocycles. The summed E-state index contributed by atoms with van der Waals surface area (Å²) in [6.07, 6.45) is 0.124. The second kappa shape index (κ2) is 7.48. The number of carbonyl (C=O) groups excluding carboxylic acids is 1. The highest BCUT2D eigenvalue weighted by atomic mass is 32.1. The molecule has 2 rings (SSSR count). The van der Waals surface area contributed by atoms with Crippen molar-refractivity contribution in [2.24, 2.45) is 5.92 Å². The van der Waals surface area contributed by atoms with Crippen LogP contribution in [0.4, 0.5) is 9.93 Å². The predicted octanol–water partition coefficient (Wildman–Crippen LogP) is 2.80. The van der Waals surface area contributed by atoms with Crippen LogP contribution in [0.15, 0.2) is 16.8 Å². The summed E-state index contributed by atoms with van der Waals surface area (Å²) in [4.78, 5) is 11.7. The molecular formula is C13H18N4O2S2. The molecule has 2 amide bonds. The minimum atomic E-state index is -0.406. The standard InChI is InChI=1S/C13H18N4O2S2/c1-8(2)10(18)3-5-14-12(19)15-13-17-16-11(21-13)9-4-6-20-7-9/h4,6-8,10,18H,3,5H2,1-2H3,(H2,14,15,17,19). The summed E-state index contributed by atoms with van der Waals surface area (Å²) >= 11 is 2.92. The topological polar surface area (TPSA) is 87.1 Å². The van der Waals surface area contributed by atoms with Crippen LogP contribution < -0.4 is 10.6 Å². The Labute approximate surface area is 131 Å². The van der Waals surface area contributed by atoms with Gasteiger partial charge >= 0.3 is 6.03 Å². The van der Waals surface area contributed by atoms with Gasteiger partial charge < -0.3 is 10.4 Å². The number of hydrogen-bond acceptors (Lipinski definition) is 6. The fourth-order valence-electron chi connectivity index (χ4n) is 1.58. The molecule has 6 nitrogen and oxygen atoms in total. The quantitative estimate of drug-likeness (QED) is 0.762. The molecule has 0 aromatic carbocycles. The van der Waals surface area contributed by atoms with E-state index in [9.17, 15) is 9.90 Å². The third kappa shape index (κ3) is 4.76. The molecule has 0 aliphatic rings. The largest absolute Gasteiger partial charge is 0.393 e. The van der Waals surface area contributed by atoms with Crippen molar-refractivity contribution >= 4 is 33.8 Å². The molecule has 1 unspecified atom stereocenters. The van der Waals surface area contributed by atoms with Crippen LogP contribution in [-0.4, -0.2) is 34.0 Å². The molecule has 8 heteroatoms. The lowest BCUT2D eigenvalue weighted by Crippen LogP contribution is -2.32. The molecule has 2 heterocycles. The molecule has 0 aliphatic heterocycles. The zero-order valence-electron chi connectivity index (χ0n) is 11.9. The maximum absolute atomic E-state index is 11.7. The van der Waals surface area contributed by atoms with E-state index in [0.29, 0.717) is 18.1 Å². The highest BCUT2D eigenvalue weighted by Crippen LogP contribution is 2.27. The Morgan fingerprint density at radius 1 is 1.43 bits per heavy atom. The number of hydrogen-bond donors (Lipinski definition) is 3. The first-order valence-corrected chi connectivity index (χ1v) is 8.41.